The van der Waals surface area contributed by atoms with Crippen LogP contribution in [0.2, 0.25) is 0 Å². The van der Waals surface area contributed by atoms with E-state index < -0.39 is 5.97 Å². The number of hydrogen-bond donors (Lipinski definition) is 3. The van der Waals surface area contributed by atoms with E-state index in [4.69, 9.17) is 0 Å². The Labute approximate surface area is 186 Å². The minimum atomic E-state index is -0.987. The van der Waals surface area contributed by atoms with Crippen LogP contribution in [0, 0.1) is 5.92 Å². The Morgan fingerprint density at radius 3 is 2.71 bits per heavy atom. The number of aromatic hydroxyl groups is 1. The number of aryl methyl sites for hydroxylation is 1. The maximum atomic E-state index is 12.5. The summed E-state index contributed by atoms with van der Waals surface area (Å²) in [5, 5.41) is 25.9. The van der Waals surface area contributed by atoms with Crippen molar-refractivity contribution in [3.8, 4) is 5.75 Å². The topological polar surface area (TPSA) is 86.6 Å². The zero-order valence-electron chi connectivity index (χ0n) is 17.6. The molecule has 0 bridgehead atoms. The van der Waals surface area contributed by atoms with Crippen LogP contribution in [0.3, 0.4) is 0 Å². The smallest absolute Gasteiger partial charge is 0.333 e. The maximum Gasteiger partial charge on any atom is 0.333 e. The Kier molecular flexibility index (Phi) is 7.58. The maximum absolute atomic E-state index is 12.5. The summed E-state index contributed by atoms with van der Waals surface area (Å²) in [6.45, 7) is 4.07. The van der Waals surface area contributed by atoms with Crippen LogP contribution in [0.25, 0.3) is 10.8 Å². The van der Waals surface area contributed by atoms with Gasteiger partial charge in [0.15, 0.2) is 0 Å². The average molecular weight is 438 g/mol. The van der Waals surface area contributed by atoms with E-state index in [1.807, 2.05) is 42.0 Å². The van der Waals surface area contributed by atoms with Crippen LogP contribution in [0.5, 0.6) is 5.75 Å². The first kappa shape index (κ1) is 22.7. The van der Waals surface area contributed by atoms with Gasteiger partial charge in [-0.15, -0.1) is 11.8 Å². The van der Waals surface area contributed by atoms with Crippen molar-refractivity contribution in [1.82, 2.24) is 5.32 Å². The largest absolute Gasteiger partial charge is 0.508 e. The van der Waals surface area contributed by atoms with Crippen LogP contribution in [0.1, 0.15) is 31.2 Å². The number of nitrogens with one attached hydrogen (secondary N) is 1. The fourth-order valence-electron chi connectivity index (χ4n) is 3.83. The summed E-state index contributed by atoms with van der Waals surface area (Å²) in [5.74, 6) is -0.869. The van der Waals surface area contributed by atoms with Gasteiger partial charge in [0.25, 0.3) is 0 Å². The van der Waals surface area contributed by atoms with E-state index in [1.54, 1.807) is 23.9 Å². The van der Waals surface area contributed by atoms with Gasteiger partial charge < -0.3 is 15.5 Å². The molecule has 0 heterocycles. The molecular formula is C25H27NO4S. The van der Waals surface area contributed by atoms with E-state index in [0.29, 0.717) is 25.0 Å². The summed E-state index contributed by atoms with van der Waals surface area (Å²) in [5.41, 5.74) is 2.72. The molecule has 0 saturated carbocycles. The number of carboxylic acids is 1. The lowest BCUT2D eigenvalue weighted by molar-refractivity contribution is -0.133. The van der Waals surface area contributed by atoms with E-state index in [2.05, 4.69) is 11.9 Å². The predicted molar refractivity (Wildman–Crippen MR) is 126 cm³/mol. The van der Waals surface area contributed by atoms with Crippen molar-refractivity contribution in [3.63, 3.8) is 0 Å². The molecule has 162 valence electrons. The van der Waals surface area contributed by atoms with E-state index in [9.17, 15) is 19.8 Å². The lowest BCUT2D eigenvalue weighted by atomic mass is 9.82. The van der Waals surface area contributed by atoms with Crippen molar-refractivity contribution in [2.75, 3.05) is 6.26 Å². The van der Waals surface area contributed by atoms with Gasteiger partial charge in [-0.1, -0.05) is 42.5 Å². The monoisotopic (exact) mass is 437 g/mol. The molecule has 1 amide bonds. The normalized spacial score (nSPS) is 16.6. The quantitative estimate of drug-likeness (QED) is 0.496. The molecule has 2 aromatic rings. The Bertz CT molecular complexity index is 1070. The van der Waals surface area contributed by atoms with Crippen molar-refractivity contribution >= 4 is 34.4 Å². The third-order valence-corrected chi connectivity index (χ3v) is 5.99. The van der Waals surface area contributed by atoms with Crippen molar-refractivity contribution in [1.29, 1.82) is 0 Å². The Morgan fingerprint density at radius 2 is 1.97 bits per heavy atom. The molecule has 1 aliphatic carbocycles. The number of phenolic OH excluding ortho intramolecular Hbond substituents is 1. The molecule has 31 heavy (non-hydrogen) atoms. The number of carbonyl (C=O) groups is 2. The first-order chi connectivity index (χ1) is 14.9. The van der Waals surface area contributed by atoms with Crippen LogP contribution in [0.4, 0.5) is 0 Å². The molecule has 0 radical (unpaired) electrons. The Hall–Kier alpha value is -2.99. The van der Waals surface area contributed by atoms with Crippen molar-refractivity contribution in [3.05, 3.63) is 76.9 Å². The first-order valence-electron chi connectivity index (χ1n) is 10.2. The summed E-state index contributed by atoms with van der Waals surface area (Å²) < 4.78 is 0. The SMILES string of the molecule is C=C(/C=C\SC)C1CCC(NC(=O)CCc2ccc3cc(O)ccc3c2)=C(C(=O)O)C1. The van der Waals surface area contributed by atoms with E-state index in [1.165, 1.54) is 0 Å². The molecule has 3 N–H and O–H groups in total. The van der Waals surface area contributed by atoms with Gasteiger partial charge in [0.05, 0.1) is 5.57 Å². The number of benzene rings is 2. The van der Waals surface area contributed by atoms with Gasteiger partial charge in [0.1, 0.15) is 5.75 Å². The number of amides is 1. The van der Waals surface area contributed by atoms with Crippen molar-refractivity contribution in [2.45, 2.75) is 32.1 Å². The third-order valence-electron chi connectivity index (χ3n) is 5.58. The zero-order chi connectivity index (χ0) is 22.4. The van der Waals surface area contributed by atoms with Gasteiger partial charge in [-0.25, -0.2) is 4.79 Å². The summed E-state index contributed by atoms with van der Waals surface area (Å²) in [7, 11) is 0. The number of hydrogen-bond acceptors (Lipinski definition) is 4. The highest BCUT2D eigenvalue weighted by Gasteiger charge is 2.27. The third kappa shape index (κ3) is 6.01. The molecule has 0 aromatic heterocycles. The van der Waals surface area contributed by atoms with Crippen molar-refractivity contribution < 1.29 is 19.8 Å². The fraction of sp³-hybridized carbons (Fsp3) is 0.280. The van der Waals surface area contributed by atoms with Gasteiger partial charge in [0, 0.05) is 12.1 Å². The number of rotatable bonds is 8. The molecular weight excluding hydrogens is 410 g/mol. The highest BCUT2D eigenvalue weighted by molar-refractivity contribution is 8.01. The molecule has 0 fully saturated rings. The zero-order valence-corrected chi connectivity index (χ0v) is 18.4. The summed E-state index contributed by atoms with van der Waals surface area (Å²) in [4.78, 5) is 24.3. The molecule has 5 nitrogen and oxygen atoms in total. The molecule has 6 heteroatoms. The molecule has 2 aromatic carbocycles. The fourth-order valence-corrected chi connectivity index (χ4v) is 4.14. The van der Waals surface area contributed by atoms with Gasteiger partial charge >= 0.3 is 5.97 Å². The van der Waals surface area contributed by atoms with E-state index in [-0.39, 0.29) is 29.6 Å². The lowest BCUT2D eigenvalue weighted by Gasteiger charge is -2.26. The average Bonchev–Trinajstić information content (AvgIpc) is 2.76. The van der Waals surface area contributed by atoms with E-state index in [0.717, 1.165) is 28.3 Å². The molecule has 1 aliphatic rings. The molecule has 0 saturated heterocycles. The molecule has 0 spiro atoms. The van der Waals surface area contributed by atoms with Crippen LogP contribution in [-0.2, 0) is 16.0 Å². The van der Waals surface area contributed by atoms with Crippen LogP contribution < -0.4 is 5.32 Å². The number of thioether (sulfide) groups is 1. The second kappa shape index (κ2) is 10.4. The Balaban J connectivity index is 1.63. The first-order valence-corrected chi connectivity index (χ1v) is 11.5. The van der Waals surface area contributed by atoms with Gasteiger partial charge in [-0.2, -0.15) is 0 Å². The van der Waals surface area contributed by atoms with E-state index >= 15 is 0 Å². The number of allylic oxidation sites excluding steroid dienone is 3. The number of phenols is 1. The standard InChI is InChI=1S/C25H27NO4S/c1-16(11-12-31-2)18-7-9-23(22(15-18)25(29)30)26-24(28)10-4-17-3-5-20-14-21(27)8-6-19(20)13-17/h3,5-6,8,11-14,18,27H,1,4,7,9-10,15H2,2H3,(H,26,28)(H,29,30)/b12-11-. The summed E-state index contributed by atoms with van der Waals surface area (Å²) in [6, 6.07) is 11.1. The molecule has 0 aliphatic heterocycles. The van der Waals surface area contributed by atoms with Gasteiger partial charge in [-0.05, 0) is 71.7 Å². The lowest BCUT2D eigenvalue weighted by Crippen LogP contribution is -2.29. The molecule has 1 unspecified atom stereocenters. The van der Waals surface area contributed by atoms with Gasteiger partial charge in [0.2, 0.25) is 5.91 Å². The second-order valence-electron chi connectivity index (χ2n) is 7.73. The highest BCUT2D eigenvalue weighted by Crippen LogP contribution is 2.33. The minimum absolute atomic E-state index is 0.0761. The minimum Gasteiger partial charge on any atom is -0.508 e. The summed E-state index contributed by atoms with van der Waals surface area (Å²) >= 11 is 1.58. The van der Waals surface area contributed by atoms with Crippen LogP contribution in [0.15, 0.2) is 71.3 Å². The number of fused-ring (bicyclic) bond motifs is 1. The number of carboxylic acid groups (broad SMARTS) is 1. The molecule has 3 rings (SSSR count). The summed E-state index contributed by atoms with van der Waals surface area (Å²) in [6.07, 6.45) is 6.38. The van der Waals surface area contributed by atoms with Crippen LogP contribution >= 0.6 is 11.8 Å². The van der Waals surface area contributed by atoms with Crippen LogP contribution in [-0.4, -0.2) is 28.3 Å². The number of carbonyl (C=O) groups excluding carboxylic acids is 1. The van der Waals surface area contributed by atoms with Crippen molar-refractivity contribution in [2.24, 2.45) is 5.92 Å². The van der Waals surface area contributed by atoms with Gasteiger partial charge in [-0.3, -0.25) is 4.79 Å². The number of aliphatic carboxylic acids is 1. The Morgan fingerprint density at radius 1 is 1.23 bits per heavy atom. The molecule has 1 atom stereocenters. The predicted octanol–water partition coefficient (Wildman–Crippen LogP) is 5.17. The second-order valence-corrected chi connectivity index (χ2v) is 8.47. The highest BCUT2D eigenvalue weighted by atomic mass is 32.2.